The van der Waals surface area contributed by atoms with E-state index in [9.17, 15) is 19.7 Å². The fourth-order valence-corrected chi connectivity index (χ4v) is 2.73. The van der Waals surface area contributed by atoms with Crippen LogP contribution in [-0.2, 0) is 9.53 Å². The molecule has 1 amide bonds. The summed E-state index contributed by atoms with van der Waals surface area (Å²) in [6, 6.07) is 11.9. The Labute approximate surface area is 171 Å². The van der Waals surface area contributed by atoms with Gasteiger partial charge >= 0.3 is 5.97 Å². The van der Waals surface area contributed by atoms with E-state index in [0.29, 0.717) is 5.56 Å². The predicted molar refractivity (Wildman–Crippen MR) is 108 cm³/mol. The van der Waals surface area contributed by atoms with Crippen LogP contribution in [0.25, 0.3) is 11.5 Å². The fourth-order valence-electron chi connectivity index (χ4n) is 2.73. The molecular formula is C21H19N3O6. The highest BCUT2D eigenvalue weighted by Crippen LogP contribution is 2.28. The van der Waals surface area contributed by atoms with Gasteiger partial charge in [0.2, 0.25) is 5.89 Å². The van der Waals surface area contributed by atoms with Crippen LogP contribution < -0.4 is 5.32 Å². The quantitative estimate of drug-likeness (QED) is 0.371. The molecule has 0 fully saturated rings. The molecule has 0 saturated carbocycles. The van der Waals surface area contributed by atoms with Gasteiger partial charge in [0.05, 0.1) is 4.92 Å². The minimum Gasteiger partial charge on any atom is -0.451 e. The van der Waals surface area contributed by atoms with Crippen molar-refractivity contribution in [3.8, 4) is 11.5 Å². The molecule has 9 heteroatoms. The standard InChI is InChI=1S/C21H19N3O6/c1-12-9-16(17(24(27)28)10-13(12)2)22-18(25)11-29-21(26)19-14(3)30-20(23-19)15-7-5-4-6-8-15/h4-10H,11H2,1-3H3,(H,22,25). The number of benzene rings is 2. The molecule has 2 aromatic carbocycles. The lowest BCUT2D eigenvalue weighted by molar-refractivity contribution is -0.384. The first-order valence-electron chi connectivity index (χ1n) is 9.01. The third-order valence-corrected chi connectivity index (χ3v) is 4.43. The van der Waals surface area contributed by atoms with Gasteiger partial charge in [-0.3, -0.25) is 14.9 Å². The van der Waals surface area contributed by atoms with Crippen molar-refractivity contribution >= 4 is 23.3 Å². The van der Waals surface area contributed by atoms with Crippen molar-refractivity contribution in [3.63, 3.8) is 0 Å². The number of nitro benzene ring substituents is 1. The SMILES string of the molecule is Cc1cc(NC(=O)COC(=O)c2nc(-c3ccccc3)oc2C)c([N+](=O)[O-])cc1C. The smallest absolute Gasteiger partial charge is 0.361 e. The molecule has 3 aromatic rings. The number of amides is 1. The number of hydrogen-bond acceptors (Lipinski definition) is 7. The lowest BCUT2D eigenvalue weighted by Gasteiger charge is -2.09. The second-order valence-corrected chi connectivity index (χ2v) is 6.62. The van der Waals surface area contributed by atoms with E-state index in [4.69, 9.17) is 9.15 Å². The Morgan fingerprint density at radius 2 is 1.80 bits per heavy atom. The van der Waals surface area contributed by atoms with Crippen molar-refractivity contribution in [2.45, 2.75) is 20.8 Å². The maximum Gasteiger partial charge on any atom is 0.361 e. The van der Waals surface area contributed by atoms with E-state index in [1.54, 1.807) is 32.9 Å². The predicted octanol–water partition coefficient (Wildman–Crippen LogP) is 3.97. The van der Waals surface area contributed by atoms with E-state index in [2.05, 4.69) is 10.3 Å². The topological polar surface area (TPSA) is 125 Å². The molecule has 0 atom stereocenters. The molecule has 0 saturated heterocycles. The molecule has 0 aliphatic rings. The Bertz CT molecular complexity index is 1120. The number of carbonyl (C=O) groups excluding carboxylic acids is 2. The summed E-state index contributed by atoms with van der Waals surface area (Å²) in [6.07, 6.45) is 0. The molecule has 30 heavy (non-hydrogen) atoms. The van der Waals surface area contributed by atoms with Gasteiger partial charge in [-0.25, -0.2) is 9.78 Å². The lowest BCUT2D eigenvalue weighted by Crippen LogP contribution is -2.22. The molecule has 1 heterocycles. The third kappa shape index (κ3) is 4.52. The monoisotopic (exact) mass is 409 g/mol. The summed E-state index contributed by atoms with van der Waals surface area (Å²) in [4.78, 5) is 39.3. The number of esters is 1. The summed E-state index contributed by atoms with van der Waals surface area (Å²) < 4.78 is 10.5. The van der Waals surface area contributed by atoms with Crippen molar-refractivity contribution in [3.05, 3.63) is 75.2 Å². The number of rotatable bonds is 6. The summed E-state index contributed by atoms with van der Waals surface area (Å²) in [5.74, 6) is -1.03. The molecule has 0 aliphatic carbocycles. The first-order chi connectivity index (χ1) is 14.3. The maximum absolute atomic E-state index is 12.3. The van der Waals surface area contributed by atoms with Crippen LogP contribution in [0.4, 0.5) is 11.4 Å². The van der Waals surface area contributed by atoms with E-state index >= 15 is 0 Å². The Morgan fingerprint density at radius 3 is 2.47 bits per heavy atom. The van der Waals surface area contributed by atoms with Crippen molar-refractivity contribution in [1.82, 2.24) is 4.98 Å². The third-order valence-electron chi connectivity index (χ3n) is 4.43. The van der Waals surface area contributed by atoms with Crippen LogP contribution in [0.15, 0.2) is 46.9 Å². The number of anilines is 1. The van der Waals surface area contributed by atoms with Gasteiger partial charge in [-0.05, 0) is 50.1 Å². The summed E-state index contributed by atoms with van der Waals surface area (Å²) >= 11 is 0. The first kappa shape index (κ1) is 20.7. The van der Waals surface area contributed by atoms with Crippen molar-refractivity contribution in [2.75, 3.05) is 11.9 Å². The second-order valence-electron chi connectivity index (χ2n) is 6.62. The molecule has 0 unspecified atom stereocenters. The van der Waals surface area contributed by atoms with Crippen LogP contribution in [-0.4, -0.2) is 28.4 Å². The summed E-state index contributed by atoms with van der Waals surface area (Å²) in [7, 11) is 0. The van der Waals surface area contributed by atoms with Crippen LogP contribution >= 0.6 is 0 Å². The van der Waals surface area contributed by atoms with E-state index in [0.717, 1.165) is 11.1 Å². The number of hydrogen-bond donors (Lipinski definition) is 1. The van der Waals surface area contributed by atoms with Crippen LogP contribution in [0, 0.1) is 30.9 Å². The molecule has 9 nitrogen and oxygen atoms in total. The molecule has 1 aromatic heterocycles. The average Bonchev–Trinajstić information content (AvgIpc) is 3.11. The minimum absolute atomic E-state index is 0.0353. The van der Waals surface area contributed by atoms with Gasteiger partial charge in [-0.15, -0.1) is 0 Å². The Hall–Kier alpha value is -4.01. The summed E-state index contributed by atoms with van der Waals surface area (Å²) in [5.41, 5.74) is 1.95. The van der Waals surface area contributed by atoms with Gasteiger partial charge in [-0.1, -0.05) is 18.2 Å². The first-order valence-corrected chi connectivity index (χ1v) is 9.01. The Balaban J connectivity index is 1.67. The molecule has 154 valence electrons. The zero-order valence-corrected chi connectivity index (χ0v) is 16.6. The number of oxazole rings is 1. The largest absolute Gasteiger partial charge is 0.451 e. The van der Waals surface area contributed by atoms with Gasteiger partial charge in [0.25, 0.3) is 11.6 Å². The van der Waals surface area contributed by atoms with Crippen molar-refractivity contribution in [1.29, 1.82) is 0 Å². The number of aromatic nitrogens is 1. The molecule has 1 N–H and O–H groups in total. The second kappa shape index (κ2) is 8.56. The van der Waals surface area contributed by atoms with E-state index < -0.39 is 23.4 Å². The van der Waals surface area contributed by atoms with Gasteiger partial charge in [0.15, 0.2) is 12.3 Å². The number of nitro groups is 1. The van der Waals surface area contributed by atoms with Gasteiger partial charge in [0.1, 0.15) is 11.4 Å². The van der Waals surface area contributed by atoms with Crippen LogP contribution in [0.5, 0.6) is 0 Å². The number of aryl methyl sites for hydroxylation is 3. The maximum atomic E-state index is 12.3. The summed E-state index contributed by atoms with van der Waals surface area (Å²) in [5, 5.41) is 13.6. The highest BCUT2D eigenvalue weighted by Gasteiger charge is 2.22. The molecule has 0 radical (unpaired) electrons. The molecule has 0 bridgehead atoms. The molecule has 0 aliphatic heterocycles. The van der Waals surface area contributed by atoms with Gasteiger partial charge in [0, 0.05) is 11.6 Å². The normalized spacial score (nSPS) is 10.5. The van der Waals surface area contributed by atoms with Crippen molar-refractivity contribution in [2.24, 2.45) is 0 Å². The van der Waals surface area contributed by atoms with E-state index in [-0.39, 0.29) is 28.7 Å². The lowest BCUT2D eigenvalue weighted by atomic mass is 10.1. The highest BCUT2D eigenvalue weighted by molar-refractivity contribution is 5.96. The molecule has 0 spiro atoms. The number of nitrogens with one attached hydrogen (secondary N) is 1. The highest BCUT2D eigenvalue weighted by atomic mass is 16.6. The van der Waals surface area contributed by atoms with E-state index in [1.165, 1.54) is 12.1 Å². The Kier molecular flexibility index (Phi) is 5.91. The van der Waals surface area contributed by atoms with Crippen LogP contribution in [0.3, 0.4) is 0 Å². The van der Waals surface area contributed by atoms with Gasteiger partial charge in [-0.2, -0.15) is 0 Å². The number of carbonyl (C=O) groups is 2. The molecule has 3 rings (SSSR count). The van der Waals surface area contributed by atoms with Crippen molar-refractivity contribution < 1.29 is 23.7 Å². The fraction of sp³-hybridized carbons (Fsp3) is 0.190. The zero-order chi connectivity index (χ0) is 21.8. The molecular weight excluding hydrogens is 390 g/mol. The Morgan fingerprint density at radius 1 is 1.13 bits per heavy atom. The average molecular weight is 409 g/mol. The zero-order valence-electron chi connectivity index (χ0n) is 16.6. The van der Waals surface area contributed by atoms with Crippen LogP contribution in [0.2, 0.25) is 0 Å². The number of ether oxygens (including phenoxy) is 1. The van der Waals surface area contributed by atoms with Gasteiger partial charge < -0.3 is 14.5 Å². The van der Waals surface area contributed by atoms with E-state index in [1.807, 2.05) is 18.2 Å². The van der Waals surface area contributed by atoms with Crippen LogP contribution in [0.1, 0.15) is 27.4 Å². The minimum atomic E-state index is -0.830. The summed E-state index contributed by atoms with van der Waals surface area (Å²) in [6.45, 7) is 4.44. The number of nitrogens with zero attached hydrogens (tertiary/aromatic N) is 2.